The zero-order valence-corrected chi connectivity index (χ0v) is 20.4. The van der Waals surface area contributed by atoms with Gasteiger partial charge in [0.25, 0.3) is 5.92 Å². The topological polar surface area (TPSA) is 91.2 Å². The number of halogens is 5. The Bertz CT molecular complexity index is 1250. The first-order chi connectivity index (χ1) is 16.5. The van der Waals surface area contributed by atoms with Gasteiger partial charge < -0.3 is 15.2 Å². The lowest BCUT2D eigenvalue weighted by molar-refractivity contribution is -0.142. The van der Waals surface area contributed by atoms with Crippen LogP contribution in [0.4, 0.5) is 13.2 Å². The Morgan fingerprint density at radius 2 is 2.09 bits per heavy atom. The second-order valence-corrected chi connectivity index (χ2v) is 9.76. The lowest BCUT2D eigenvalue weighted by Gasteiger charge is -2.30. The molecular formula is C22H18Cl2F3N3O4S. The van der Waals surface area contributed by atoms with Crippen molar-refractivity contribution in [2.75, 3.05) is 20.2 Å². The number of methoxy groups -OCH3 is 1. The second kappa shape index (κ2) is 9.81. The highest BCUT2D eigenvalue weighted by molar-refractivity contribution is 7.12. The number of aliphatic carboxylic acids is 1. The van der Waals surface area contributed by atoms with Crippen LogP contribution >= 0.6 is 34.5 Å². The van der Waals surface area contributed by atoms with Gasteiger partial charge in [0.1, 0.15) is 23.7 Å². The molecule has 2 aromatic rings. The highest BCUT2D eigenvalue weighted by atomic mass is 35.5. The number of aliphatic imine (C=N–C) groups is 1. The van der Waals surface area contributed by atoms with Crippen LogP contribution in [0.15, 0.2) is 45.9 Å². The second-order valence-electron chi connectivity index (χ2n) is 8.00. The number of likely N-dealkylation sites (tertiary alicyclic amines) is 1. The number of esters is 1. The molecule has 0 bridgehead atoms. The fourth-order valence-corrected chi connectivity index (χ4v) is 5.37. The molecule has 0 unspecified atom stereocenters. The summed E-state index contributed by atoms with van der Waals surface area (Å²) in [5, 5.41) is 14.5. The van der Waals surface area contributed by atoms with Crippen molar-refractivity contribution >= 4 is 52.3 Å². The van der Waals surface area contributed by atoms with Crippen LogP contribution < -0.4 is 5.32 Å². The molecule has 0 aliphatic carbocycles. The zero-order chi connectivity index (χ0) is 25.5. The van der Waals surface area contributed by atoms with Gasteiger partial charge in [-0.25, -0.2) is 18.0 Å². The molecule has 1 fully saturated rings. The van der Waals surface area contributed by atoms with Gasteiger partial charge in [0.2, 0.25) is 0 Å². The summed E-state index contributed by atoms with van der Waals surface area (Å²) in [7, 11) is 1.14. The van der Waals surface area contributed by atoms with E-state index in [9.17, 15) is 27.9 Å². The number of thiophene rings is 1. The third kappa shape index (κ3) is 5.32. The highest BCUT2D eigenvalue weighted by Gasteiger charge is 2.49. The van der Waals surface area contributed by atoms with E-state index in [2.05, 4.69) is 10.3 Å². The van der Waals surface area contributed by atoms with Crippen LogP contribution in [-0.4, -0.2) is 59.9 Å². The van der Waals surface area contributed by atoms with E-state index >= 15 is 0 Å². The summed E-state index contributed by atoms with van der Waals surface area (Å²) in [5.41, 5.74) is 0.321. The molecule has 13 heteroatoms. The van der Waals surface area contributed by atoms with Crippen LogP contribution in [0.3, 0.4) is 0 Å². The van der Waals surface area contributed by atoms with Gasteiger partial charge in [-0.1, -0.05) is 29.3 Å². The zero-order valence-electron chi connectivity index (χ0n) is 18.0. The molecule has 2 atom stereocenters. The molecule has 0 saturated carbocycles. The van der Waals surface area contributed by atoms with Crippen LogP contribution in [0.5, 0.6) is 0 Å². The Balaban J connectivity index is 1.85. The van der Waals surface area contributed by atoms with E-state index in [0.29, 0.717) is 9.90 Å². The largest absolute Gasteiger partial charge is 0.480 e. The number of nitrogens with one attached hydrogen (secondary N) is 1. The lowest BCUT2D eigenvalue weighted by atomic mass is 9.95. The molecule has 2 N–H and O–H groups in total. The first-order valence-corrected chi connectivity index (χ1v) is 11.8. The molecule has 4 rings (SSSR count). The molecule has 1 aromatic carbocycles. The van der Waals surface area contributed by atoms with Gasteiger partial charge in [-0.2, -0.15) is 0 Å². The normalized spacial score (nSPS) is 22.1. The fourth-order valence-electron chi connectivity index (χ4n) is 4.08. The molecule has 0 spiro atoms. The lowest BCUT2D eigenvalue weighted by Crippen LogP contribution is -2.43. The number of carbonyl (C=O) groups excluding carboxylic acids is 1. The van der Waals surface area contributed by atoms with E-state index in [4.69, 9.17) is 27.9 Å². The van der Waals surface area contributed by atoms with Crippen molar-refractivity contribution < 1.29 is 32.6 Å². The van der Waals surface area contributed by atoms with Gasteiger partial charge in [-0.05, 0) is 18.2 Å². The maximum Gasteiger partial charge on any atom is 0.338 e. The number of alkyl halides is 2. The highest BCUT2D eigenvalue weighted by Crippen LogP contribution is 2.39. The molecule has 35 heavy (non-hydrogen) atoms. The van der Waals surface area contributed by atoms with Gasteiger partial charge >= 0.3 is 11.9 Å². The predicted molar refractivity (Wildman–Crippen MR) is 125 cm³/mol. The number of carbonyl (C=O) groups is 2. The van der Waals surface area contributed by atoms with Gasteiger partial charge in [0.15, 0.2) is 0 Å². The van der Waals surface area contributed by atoms with Gasteiger partial charge in [0.05, 0.1) is 29.1 Å². The average Bonchev–Trinajstić information content (AvgIpc) is 3.35. The van der Waals surface area contributed by atoms with E-state index in [1.54, 1.807) is 11.4 Å². The minimum absolute atomic E-state index is 0.0129. The summed E-state index contributed by atoms with van der Waals surface area (Å²) in [6.07, 6.45) is -0.863. The SMILES string of the molecule is COC(=O)C1=C(CN2CC(F)(F)C[C@H]2C(=O)O)NC(c2cc(Cl)cs2)=N[C@H]1c1ccc(F)cc1Cl. The summed E-state index contributed by atoms with van der Waals surface area (Å²) in [6, 6.07) is 2.63. The monoisotopic (exact) mass is 547 g/mol. The van der Waals surface area contributed by atoms with Crippen LogP contribution in [0.1, 0.15) is 22.9 Å². The Morgan fingerprint density at radius 3 is 2.69 bits per heavy atom. The van der Waals surface area contributed by atoms with Crippen molar-refractivity contribution in [1.82, 2.24) is 10.2 Å². The molecule has 0 radical (unpaired) electrons. The van der Waals surface area contributed by atoms with Crippen molar-refractivity contribution in [2.45, 2.75) is 24.4 Å². The van der Waals surface area contributed by atoms with Crippen molar-refractivity contribution in [2.24, 2.45) is 4.99 Å². The van der Waals surface area contributed by atoms with Gasteiger partial charge in [-0.15, -0.1) is 11.3 Å². The molecule has 7 nitrogen and oxygen atoms in total. The number of amidine groups is 1. The Morgan fingerprint density at radius 1 is 1.34 bits per heavy atom. The number of hydrogen-bond donors (Lipinski definition) is 2. The molecule has 1 saturated heterocycles. The summed E-state index contributed by atoms with van der Waals surface area (Å²) >= 11 is 13.6. The summed E-state index contributed by atoms with van der Waals surface area (Å²) < 4.78 is 46.9. The van der Waals surface area contributed by atoms with Crippen LogP contribution in [-0.2, 0) is 14.3 Å². The van der Waals surface area contributed by atoms with E-state index in [0.717, 1.165) is 24.1 Å². The predicted octanol–water partition coefficient (Wildman–Crippen LogP) is 4.51. The number of benzene rings is 1. The minimum Gasteiger partial charge on any atom is -0.480 e. The third-order valence-electron chi connectivity index (χ3n) is 5.60. The van der Waals surface area contributed by atoms with E-state index in [1.165, 1.54) is 17.4 Å². The number of ether oxygens (including phenoxy) is 1. The Labute approximate surface area is 211 Å². The molecular weight excluding hydrogens is 530 g/mol. The molecule has 2 aliphatic rings. The number of carboxylic acids is 1. The minimum atomic E-state index is -3.22. The first-order valence-electron chi connectivity index (χ1n) is 10.2. The fraction of sp³-hybridized carbons (Fsp3) is 0.318. The Kier molecular flexibility index (Phi) is 7.14. The van der Waals surface area contributed by atoms with Crippen molar-refractivity contribution in [1.29, 1.82) is 0 Å². The van der Waals surface area contributed by atoms with E-state index in [1.807, 2.05) is 0 Å². The van der Waals surface area contributed by atoms with E-state index < -0.39 is 48.7 Å². The van der Waals surface area contributed by atoms with Crippen molar-refractivity contribution in [3.8, 4) is 0 Å². The molecule has 0 amide bonds. The summed E-state index contributed by atoms with van der Waals surface area (Å²) in [4.78, 5) is 30.8. The van der Waals surface area contributed by atoms with Crippen molar-refractivity contribution in [3.05, 3.63) is 67.2 Å². The third-order valence-corrected chi connectivity index (χ3v) is 7.21. The van der Waals surface area contributed by atoms with Crippen LogP contribution in [0, 0.1) is 5.82 Å². The van der Waals surface area contributed by atoms with Gasteiger partial charge in [-0.3, -0.25) is 14.7 Å². The van der Waals surface area contributed by atoms with Crippen molar-refractivity contribution in [3.63, 3.8) is 0 Å². The standard InChI is InChI=1S/C22H18Cl2F3N3O4S/c1-34-21(33)17-14(7-30-9-22(26,27)6-15(30)20(31)32)28-19(16-4-10(23)8-35-16)29-18(17)12-3-2-11(25)5-13(12)24/h2-5,8,15,18H,6-7,9H2,1H3,(H,28,29)(H,31,32)/t15-,18-/m0/s1. The van der Waals surface area contributed by atoms with Gasteiger partial charge in [0, 0.05) is 34.6 Å². The quantitative estimate of drug-likeness (QED) is 0.517. The maximum absolute atomic E-state index is 14.1. The molecule has 186 valence electrons. The first kappa shape index (κ1) is 25.5. The average molecular weight is 548 g/mol. The molecule has 1 aromatic heterocycles. The summed E-state index contributed by atoms with van der Waals surface area (Å²) in [5.74, 6) is -5.80. The van der Waals surface area contributed by atoms with E-state index in [-0.39, 0.29) is 34.2 Å². The summed E-state index contributed by atoms with van der Waals surface area (Å²) in [6.45, 7) is -1.16. The van der Waals surface area contributed by atoms with Crippen LogP contribution in [0.2, 0.25) is 10.0 Å². The number of nitrogens with zero attached hydrogens (tertiary/aromatic N) is 2. The smallest absolute Gasteiger partial charge is 0.338 e. The molecule has 3 heterocycles. The molecule has 2 aliphatic heterocycles. The maximum atomic E-state index is 14.1. The number of carboxylic acid groups (broad SMARTS) is 1. The van der Waals surface area contributed by atoms with Crippen LogP contribution in [0.25, 0.3) is 0 Å². The Hall–Kier alpha value is -2.60. The number of hydrogen-bond acceptors (Lipinski definition) is 7. The number of rotatable bonds is 6.